The van der Waals surface area contributed by atoms with E-state index in [0.717, 1.165) is 30.6 Å². The summed E-state index contributed by atoms with van der Waals surface area (Å²) < 4.78 is 19.3. The van der Waals surface area contributed by atoms with Gasteiger partial charge in [0.1, 0.15) is 22.9 Å². The zero-order valence-electron chi connectivity index (χ0n) is 18.9. The number of nitrogens with one attached hydrogen (secondary N) is 2. The van der Waals surface area contributed by atoms with Gasteiger partial charge in [-0.05, 0) is 46.1 Å². The molecule has 32 heavy (non-hydrogen) atoms. The standard InChI is InChI=1S/C23H29FN6O2/c1-5-14-10-25-21(18-12-27-20-17(18)9-15(24)11-26-20)29-19(14)28-16-7-6-8-30(13-16)22(31)32-23(2,3)4/h9-12,16H,5-8,13H2,1-4H3,(H,26,27)(H,25,28,29)/t16-/m0/s1. The molecule has 4 heterocycles. The Morgan fingerprint density at radius 1 is 1.34 bits per heavy atom. The molecule has 3 aromatic heterocycles. The molecule has 1 saturated heterocycles. The number of halogens is 1. The van der Waals surface area contributed by atoms with E-state index in [-0.39, 0.29) is 12.1 Å². The number of carbonyl (C=O) groups is 1. The molecule has 1 aliphatic rings. The average Bonchev–Trinajstić information content (AvgIpc) is 3.15. The Hall–Kier alpha value is -3.23. The lowest BCUT2D eigenvalue weighted by Gasteiger charge is -2.34. The first-order chi connectivity index (χ1) is 15.2. The molecule has 0 bridgehead atoms. The van der Waals surface area contributed by atoms with E-state index in [2.05, 4.69) is 20.3 Å². The number of fused-ring (bicyclic) bond motifs is 1. The molecule has 0 radical (unpaired) electrons. The van der Waals surface area contributed by atoms with Gasteiger partial charge in [0, 0.05) is 48.0 Å². The summed E-state index contributed by atoms with van der Waals surface area (Å²) in [7, 11) is 0. The minimum absolute atomic E-state index is 0.0476. The molecule has 1 fully saturated rings. The Morgan fingerprint density at radius 2 is 2.16 bits per heavy atom. The van der Waals surface area contributed by atoms with E-state index >= 15 is 0 Å². The number of amides is 1. The van der Waals surface area contributed by atoms with Crippen LogP contribution in [0.4, 0.5) is 15.0 Å². The highest BCUT2D eigenvalue weighted by Crippen LogP contribution is 2.28. The number of aromatic amines is 1. The number of nitrogens with zero attached hydrogens (tertiary/aromatic N) is 4. The highest BCUT2D eigenvalue weighted by Gasteiger charge is 2.28. The maximum absolute atomic E-state index is 13.7. The van der Waals surface area contributed by atoms with Gasteiger partial charge in [-0.3, -0.25) is 0 Å². The fourth-order valence-electron chi connectivity index (χ4n) is 3.86. The Balaban J connectivity index is 1.57. The lowest BCUT2D eigenvalue weighted by atomic mass is 10.1. The van der Waals surface area contributed by atoms with Crippen molar-refractivity contribution in [3.63, 3.8) is 0 Å². The van der Waals surface area contributed by atoms with Crippen molar-refractivity contribution in [2.75, 3.05) is 18.4 Å². The molecule has 1 atom stereocenters. The molecule has 4 rings (SSSR count). The molecular weight excluding hydrogens is 411 g/mol. The number of rotatable bonds is 4. The summed E-state index contributed by atoms with van der Waals surface area (Å²) >= 11 is 0. The third-order valence-corrected chi connectivity index (χ3v) is 5.40. The van der Waals surface area contributed by atoms with Gasteiger partial charge in [-0.1, -0.05) is 6.92 Å². The minimum Gasteiger partial charge on any atom is -0.444 e. The Morgan fingerprint density at radius 3 is 2.91 bits per heavy atom. The number of piperidine rings is 1. The highest BCUT2D eigenvalue weighted by molar-refractivity contribution is 5.91. The minimum atomic E-state index is -0.526. The number of H-pyrrole nitrogens is 1. The average molecular weight is 441 g/mol. The van der Waals surface area contributed by atoms with Gasteiger partial charge in [-0.25, -0.2) is 24.1 Å². The highest BCUT2D eigenvalue weighted by atomic mass is 19.1. The third kappa shape index (κ3) is 4.81. The second-order valence-electron chi connectivity index (χ2n) is 9.08. The van der Waals surface area contributed by atoms with Gasteiger partial charge in [-0.15, -0.1) is 0 Å². The third-order valence-electron chi connectivity index (χ3n) is 5.40. The maximum atomic E-state index is 13.7. The van der Waals surface area contributed by atoms with Crippen LogP contribution < -0.4 is 5.32 Å². The van der Waals surface area contributed by atoms with Crippen molar-refractivity contribution in [1.82, 2.24) is 24.8 Å². The molecule has 1 aliphatic heterocycles. The molecule has 0 aliphatic carbocycles. The molecule has 3 aromatic rings. The zero-order chi connectivity index (χ0) is 22.9. The van der Waals surface area contributed by atoms with Crippen molar-refractivity contribution < 1.29 is 13.9 Å². The first kappa shape index (κ1) is 22.0. The van der Waals surface area contributed by atoms with E-state index in [1.54, 1.807) is 17.3 Å². The van der Waals surface area contributed by atoms with Crippen LogP contribution >= 0.6 is 0 Å². The van der Waals surface area contributed by atoms with Gasteiger partial charge in [0.15, 0.2) is 5.82 Å². The fraction of sp³-hybridized carbons (Fsp3) is 0.478. The van der Waals surface area contributed by atoms with E-state index in [9.17, 15) is 9.18 Å². The Labute approximate surface area is 186 Å². The number of hydrogen-bond donors (Lipinski definition) is 2. The van der Waals surface area contributed by atoms with Crippen molar-refractivity contribution in [3.8, 4) is 11.4 Å². The normalized spacial score (nSPS) is 16.9. The number of ether oxygens (including phenoxy) is 1. The van der Waals surface area contributed by atoms with E-state index in [0.29, 0.717) is 35.5 Å². The van der Waals surface area contributed by atoms with E-state index < -0.39 is 11.4 Å². The molecule has 2 N–H and O–H groups in total. The number of anilines is 1. The molecule has 1 amide bonds. The summed E-state index contributed by atoms with van der Waals surface area (Å²) in [5.74, 6) is 0.807. The molecule has 8 nitrogen and oxygen atoms in total. The van der Waals surface area contributed by atoms with Gasteiger partial charge in [0.05, 0.1) is 6.20 Å². The smallest absolute Gasteiger partial charge is 0.410 e. The van der Waals surface area contributed by atoms with Crippen LogP contribution in [0.25, 0.3) is 22.4 Å². The summed E-state index contributed by atoms with van der Waals surface area (Å²) in [6, 6.07) is 1.48. The second-order valence-corrected chi connectivity index (χ2v) is 9.08. The summed E-state index contributed by atoms with van der Waals surface area (Å²) in [5, 5.41) is 4.14. The summed E-state index contributed by atoms with van der Waals surface area (Å²) in [6.45, 7) is 8.87. The SMILES string of the molecule is CCc1cnc(-c2c[nH]c3ncc(F)cc23)nc1N[C@H]1CCCN(C(=O)OC(C)(C)C)C1. The van der Waals surface area contributed by atoms with E-state index in [4.69, 9.17) is 9.72 Å². The number of pyridine rings is 1. The van der Waals surface area contributed by atoms with E-state index in [1.165, 1.54) is 12.3 Å². The van der Waals surface area contributed by atoms with Crippen molar-refractivity contribution in [3.05, 3.63) is 36.0 Å². The van der Waals surface area contributed by atoms with Crippen LogP contribution in [0.2, 0.25) is 0 Å². The summed E-state index contributed by atoms with van der Waals surface area (Å²) in [4.78, 5) is 30.6. The van der Waals surface area contributed by atoms with Crippen LogP contribution in [-0.4, -0.2) is 55.7 Å². The van der Waals surface area contributed by atoms with Crippen molar-refractivity contribution >= 4 is 22.9 Å². The van der Waals surface area contributed by atoms with Gasteiger partial charge in [0.25, 0.3) is 0 Å². The first-order valence-corrected chi connectivity index (χ1v) is 11.0. The van der Waals surface area contributed by atoms with Crippen LogP contribution in [-0.2, 0) is 11.2 Å². The number of likely N-dealkylation sites (tertiary alicyclic amines) is 1. The van der Waals surface area contributed by atoms with Gasteiger partial charge < -0.3 is 19.9 Å². The fourth-order valence-corrected chi connectivity index (χ4v) is 3.86. The van der Waals surface area contributed by atoms with Crippen molar-refractivity contribution in [2.45, 2.75) is 58.6 Å². The molecule has 9 heteroatoms. The molecule has 0 aromatic carbocycles. The molecule has 0 unspecified atom stereocenters. The van der Waals surface area contributed by atoms with Gasteiger partial charge >= 0.3 is 6.09 Å². The predicted molar refractivity (Wildman–Crippen MR) is 121 cm³/mol. The Bertz CT molecular complexity index is 1120. The lowest BCUT2D eigenvalue weighted by Crippen LogP contribution is -2.47. The Kier molecular flexibility index (Phi) is 5.99. The first-order valence-electron chi connectivity index (χ1n) is 11.0. The van der Waals surface area contributed by atoms with Crippen LogP contribution in [0.1, 0.15) is 46.1 Å². The maximum Gasteiger partial charge on any atom is 0.410 e. The number of aryl methyl sites for hydroxylation is 1. The molecule has 0 spiro atoms. The van der Waals surface area contributed by atoms with Crippen molar-refractivity contribution in [1.29, 1.82) is 0 Å². The van der Waals surface area contributed by atoms with Crippen LogP contribution in [0.5, 0.6) is 0 Å². The zero-order valence-corrected chi connectivity index (χ0v) is 18.9. The van der Waals surface area contributed by atoms with E-state index in [1.807, 2.05) is 27.7 Å². The largest absolute Gasteiger partial charge is 0.444 e. The molecule has 170 valence electrons. The van der Waals surface area contributed by atoms with Crippen LogP contribution in [0, 0.1) is 5.82 Å². The topological polar surface area (TPSA) is 96.0 Å². The molecule has 0 saturated carbocycles. The van der Waals surface area contributed by atoms with Gasteiger partial charge in [-0.2, -0.15) is 0 Å². The van der Waals surface area contributed by atoms with Crippen LogP contribution in [0.3, 0.4) is 0 Å². The van der Waals surface area contributed by atoms with Crippen LogP contribution in [0.15, 0.2) is 24.7 Å². The number of carbonyl (C=O) groups excluding carboxylic acids is 1. The summed E-state index contributed by atoms with van der Waals surface area (Å²) in [5.41, 5.74) is 1.73. The van der Waals surface area contributed by atoms with Crippen molar-refractivity contribution in [2.24, 2.45) is 0 Å². The monoisotopic (exact) mass is 440 g/mol. The lowest BCUT2D eigenvalue weighted by molar-refractivity contribution is 0.0206. The second kappa shape index (κ2) is 8.72. The number of hydrogen-bond acceptors (Lipinski definition) is 6. The van der Waals surface area contributed by atoms with Gasteiger partial charge in [0.2, 0.25) is 0 Å². The summed E-state index contributed by atoms with van der Waals surface area (Å²) in [6.07, 6.45) is 6.98. The molecular formula is C23H29FN6O2. The number of aromatic nitrogens is 4. The predicted octanol–water partition coefficient (Wildman–Crippen LogP) is 4.53. The quantitative estimate of drug-likeness (QED) is 0.619.